The molecule has 1 aromatic carbocycles. The third-order valence-corrected chi connectivity index (χ3v) is 2.05. The third-order valence-electron chi connectivity index (χ3n) is 2.05. The lowest BCUT2D eigenvalue weighted by Crippen LogP contribution is -2.13. The summed E-state index contributed by atoms with van der Waals surface area (Å²) in [4.78, 5) is 11.1. The van der Waals surface area contributed by atoms with E-state index in [1.54, 1.807) is 6.07 Å². The molecule has 1 heterocycles. The maximum absolute atomic E-state index is 13.2. The Balaban J connectivity index is 2.59. The zero-order valence-corrected chi connectivity index (χ0v) is 7.06. The highest BCUT2D eigenvalue weighted by atomic mass is 19.1. The largest absolute Gasteiger partial charge is 0.497 e. The standard InChI is InChI=1S/C9H8FNO2/c1-13-6-2-5-4-11-9(12)8(5)7(10)3-6/h2-3H,4H2,1H3,(H,11,12). The first-order valence-corrected chi connectivity index (χ1v) is 3.87. The lowest BCUT2D eigenvalue weighted by Gasteiger charge is -2.02. The summed E-state index contributed by atoms with van der Waals surface area (Å²) in [5.74, 6) is -0.438. The van der Waals surface area contributed by atoms with Crippen LogP contribution in [0.4, 0.5) is 4.39 Å². The molecule has 0 saturated carbocycles. The fraction of sp³-hybridized carbons (Fsp3) is 0.222. The molecule has 0 aliphatic carbocycles. The molecule has 0 saturated heterocycles. The molecule has 0 radical (unpaired) electrons. The maximum atomic E-state index is 13.2. The Morgan fingerprint density at radius 1 is 1.54 bits per heavy atom. The Bertz CT molecular complexity index is 376. The molecule has 1 aliphatic rings. The number of hydrogen-bond acceptors (Lipinski definition) is 2. The molecule has 0 fully saturated rings. The van der Waals surface area contributed by atoms with Gasteiger partial charge in [-0.05, 0) is 11.6 Å². The molecule has 1 aromatic rings. The number of methoxy groups -OCH3 is 1. The van der Waals surface area contributed by atoms with Crippen LogP contribution in [0, 0.1) is 5.82 Å². The van der Waals surface area contributed by atoms with Crippen molar-refractivity contribution < 1.29 is 13.9 Å². The molecular formula is C9H8FNO2. The van der Waals surface area contributed by atoms with E-state index in [1.807, 2.05) is 0 Å². The van der Waals surface area contributed by atoms with Crippen molar-refractivity contribution in [1.29, 1.82) is 0 Å². The Kier molecular flexibility index (Phi) is 1.69. The van der Waals surface area contributed by atoms with Gasteiger partial charge in [0.1, 0.15) is 11.6 Å². The monoisotopic (exact) mass is 181 g/mol. The van der Waals surface area contributed by atoms with E-state index in [2.05, 4.69) is 5.32 Å². The van der Waals surface area contributed by atoms with E-state index in [0.717, 1.165) is 0 Å². The van der Waals surface area contributed by atoms with E-state index in [9.17, 15) is 9.18 Å². The van der Waals surface area contributed by atoms with Gasteiger partial charge in [0.15, 0.2) is 0 Å². The second kappa shape index (κ2) is 2.73. The van der Waals surface area contributed by atoms with Crippen LogP contribution in [-0.4, -0.2) is 13.0 Å². The van der Waals surface area contributed by atoms with Crippen LogP contribution in [0.2, 0.25) is 0 Å². The van der Waals surface area contributed by atoms with Gasteiger partial charge in [0.2, 0.25) is 0 Å². The number of halogens is 1. The maximum Gasteiger partial charge on any atom is 0.254 e. The van der Waals surface area contributed by atoms with Crippen molar-refractivity contribution in [3.8, 4) is 5.75 Å². The zero-order chi connectivity index (χ0) is 9.42. The quantitative estimate of drug-likeness (QED) is 0.704. The van der Waals surface area contributed by atoms with Gasteiger partial charge in [0.25, 0.3) is 5.91 Å². The minimum atomic E-state index is -0.524. The minimum absolute atomic E-state index is 0.140. The lowest BCUT2D eigenvalue weighted by atomic mass is 10.1. The highest BCUT2D eigenvalue weighted by Gasteiger charge is 2.23. The first kappa shape index (κ1) is 8.04. The summed E-state index contributed by atoms with van der Waals surface area (Å²) in [6.45, 7) is 0.377. The van der Waals surface area contributed by atoms with E-state index < -0.39 is 5.82 Å². The van der Waals surface area contributed by atoms with Gasteiger partial charge in [-0.3, -0.25) is 4.79 Å². The molecular weight excluding hydrogens is 173 g/mol. The highest BCUT2D eigenvalue weighted by molar-refractivity contribution is 5.98. The number of nitrogens with one attached hydrogen (secondary N) is 1. The summed E-state index contributed by atoms with van der Waals surface area (Å²) in [5.41, 5.74) is 0.794. The lowest BCUT2D eigenvalue weighted by molar-refractivity contribution is 0.0962. The number of amides is 1. The smallest absolute Gasteiger partial charge is 0.254 e. The summed E-state index contributed by atoms with van der Waals surface area (Å²) in [7, 11) is 1.46. The Labute approximate surface area is 74.5 Å². The summed E-state index contributed by atoms with van der Waals surface area (Å²) in [6.07, 6.45) is 0. The van der Waals surface area contributed by atoms with Crippen LogP contribution in [0.5, 0.6) is 5.75 Å². The first-order valence-electron chi connectivity index (χ1n) is 3.87. The predicted molar refractivity (Wildman–Crippen MR) is 44.1 cm³/mol. The number of ether oxygens (including phenoxy) is 1. The summed E-state index contributed by atoms with van der Waals surface area (Å²) in [5, 5.41) is 2.54. The van der Waals surface area contributed by atoms with Crippen LogP contribution in [0.15, 0.2) is 12.1 Å². The van der Waals surface area contributed by atoms with Gasteiger partial charge >= 0.3 is 0 Å². The van der Waals surface area contributed by atoms with Gasteiger partial charge in [0, 0.05) is 12.6 Å². The molecule has 0 spiro atoms. The van der Waals surface area contributed by atoms with Crippen LogP contribution < -0.4 is 10.1 Å². The molecule has 0 atom stereocenters. The topological polar surface area (TPSA) is 38.3 Å². The molecule has 0 unspecified atom stereocenters. The predicted octanol–water partition coefficient (Wildman–Crippen LogP) is 1.08. The van der Waals surface area contributed by atoms with Crippen molar-refractivity contribution in [3.63, 3.8) is 0 Å². The average molecular weight is 181 g/mol. The molecule has 1 amide bonds. The molecule has 1 aliphatic heterocycles. The molecule has 2 rings (SSSR count). The number of rotatable bonds is 1. The molecule has 4 heteroatoms. The van der Waals surface area contributed by atoms with Gasteiger partial charge < -0.3 is 10.1 Å². The van der Waals surface area contributed by atoms with E-state index in [-0.39, 0.29) is 11.5 Å². The van der Waals surface area contributed by atoms with E-state index >= 15 is 0 Å². The van der Waals surface area contributed by atoms with Crippen molar-refractivity contribution in [2.75, 3.05) is 7.11 Å². The normalized spacial score (nSPS) is 13.8. The zero-order valence-electron chi connectivity index (χ0n) is 7.06. The fourth-order valence-electron chi connectivity index (χ4n) is 1.41. The average Bonchev–Trinajstić information content (AvgIpc) is 2.48. The number of benzene rings is 1. The number of fused-ring (bicyclic) bond motifs is 1. The van der Waals surface area contributed by atoms with Gasteiger partial charge in [-0.1, -0.05) is 0 Å². The van der Waals surface area contributed by atoms with Gasteiger partial charge in [-0.15, -0.1) is 0 Å². The molecule has 0 aromatic heterocycles. The third kappa shape index (κ3) is 1.14. The van der Waals surface area contributed by atoms with Crippen LogP contribution in [0.3, 0.4) is 0 Å². The molecule has 68 valence electrons. The van der Waals surface area contributed by atoms with E-state index in [4.69, 9.17) is 4.74 Å². The van der Waals surface area contributed by atoms with Gasteiger partial charge in [0.05, 0.1) is 12.7 Å². The van der Waals surface area contributed by atoms with E-state index in [0.29, 0.717) is 17.9 Å². The van der Waals surface area contributed by atoms with Crippen molar-refractivity contribution >= 4 is 5.91 Å². The first-order chi connectivity index (χ1) is 6.22. The second-order valence-electron chi connectivity index (χ2n) is 2.83. The minimum Gasteiger partial charge on any atom is -0.497 e. The van der Waals surface area contributed by atoms with Crippen molar-refractivity contribution in [2.24, 2.45) is 0 Å². The van der Waals surface area contributed by atoms with Crippen molar-refractivity contribution in [1.82, 2.24) is 5.32 Å². The number of carbonyl (C=O) groups is 1. The molecule has 3 nitrogen and oxygen atoms in total. The molecule has 1 N–H and O–H groups in total. The summed E-state index contributed by atoms with van der Waals surface area (Å²) >= 11 is 0. The fourth-order valence-corrected chi connectivity index (χ4v) is 1.41. The van der Waals surface area contributed by atoms with Crippen LogP contribution in [-0.2, 0) is 6.54 Å². The van der Waals surface area contributed by atoms with Gasteiger partial charge in [-0.2, -0.15) is 0 Å². The van der Waals surface area contributed by atoms with E-state index in [1.165, 1.54) is 13.2 Å². The molecule has 0 bridgehead atoms. The number of hydrogen-bond donors (Lipinski definition) is 1. The Morgan fingerprint density at radius 2 is 2.31 bits per heavy atom. The SMILES string of the molecule is COc1cc(F)c2c(c1)CNC2=O. The summed E-state index contributed by atoms with van der Waals surface area (Å²) < 4.78 is 18.1. The Hall–Kier alpha value is -1.58. The van der Waals surface area contributed by atoms with Crippen LogP contribution in [0.25, 0.3) is 0 Å². The second-order valence-corrected chi connectivity index (χ2v) is 2.83. The van der Waals surface area contributed by atoms with Crippen LogP contribution >= 0.6 is 0 Å². The molecule has 13 heavy (non-hydrogen) atoms. The summed E-state index contributed by atoms with van der Waals surface area (Å²) in [6, 6.07) is 2.88. The Morgan fingerprint density at radius 3 is 3.00 bits per heavy atom. The highest BCUT2D eigenvalue weighted by Crippen LogP contribution is 2.24. The van der Waals surface area contributed by atoms with Gasteiger partial charge in [-0.25, -0.2) is 4.39 Å². The van der Waals surface area contributed by atoms with Crippen molar-refractivity contribution in [3.05, 3.63) is 29.1 Å². The van der Waals surface area contributed by atoms with Crippen molar-refractivity contribution in [2.45, 2.75) is 6.54 Å². The number of carbonyl (C=O) groups excluding carboxylic acids is 1. The van der Waals surface area contributed by atoms with Crippen LogP contribution in [0.1, 0.15) is 15.9 Å².